The molecule has 1 saturated heterocycles. The number of esters is 3. The molecule has 1 aliphatic heterocycles. The van der Waals surface area contributed by atoms with Gasteiger partial charge >= 0.3 is 24.0 Å². The summed E-state index contributed by atoms with van der Waals surface area (Å²) < 4.78 is 29.6. The number of carbonyl (C=O) groups excluding carboxylic acids is 5. The number of fused-ring (bicyclic) bond motifs is 5. The first-order chi connectivity index (χ1) is 27.4. The van der Waals surface area contributed by atoms with E-state index in [0.29, 0.717) is 5.56 Å². The number of hydrogen-bond acceptors (Lipinski definition) is 14. The van der Waals surface area contributed by atoms with Crippen LogP contribution in [0.5, 0.6) is 0 Å². The molecule has 2 aromatic rings. The molecule has 2 saturated carbocycles. The van der Waals surface area contributed by atoms with Gasteiger partial charge in [-0.3, -0.25) is 9.59 Å². The minimum Gasteiger partial charge on any atom is -0.456 e. The van der Waals surface area contributed by atoms with Crippen LogP contribution in [0.25, 0.3) is 0 Å². The van der Waals surface area contributed by atoms with Crippen LogP contribution in [0.4, 0.5) is 4.79 Å². The number of nitrogens with one attached hydrogen (secondary N) is 1. The lowest BCUT2D eigenvalue weighted by Crippen LogP contribution is -2.81. The van der Waals surface area contributed by atoms with Crippen molar-refractivity contribution in [2.45, 2.75) is 135 Å². The summed E-state index contributed by atoms with van der Waals surface area (Å²) in [6.45, 7) is 13.6. The molecule has 15 heteroatoms. The first kappa shape index (κ1) is 43.9. The van der Waals surface area contributed by atoms with Crippen LogP contribution in [0.15, 0.2) is 65.7 Å². The van der Waals surface area contributed by atoms with Crippen molar-refractivity contribution in [3.8, 4) is 0 Å². The molecule has 3 aliphatic carbocycles. The summed E-state index contributed by atoms with van der Waals surface area (Å²) in [6, 6.07) is 13.2. The lowest BCUT2D eigenvalue weighted by molar-refractivity contribution is -0.346. The Kier molecular flexibility index (Phi) is 11.5. The van der Waals surface area contributed by atoms with E-state index < -0.39 is 112 Å². The second-order valence-electron chi connectivity index (χ2n) is 18.1. The van der Waals surface area contributed by atoms with Crippen LogP contribution in [0.3, 0.4) is 0 Å². The number of benzene rings is 2. The molecule has 2 aromatic carbocycles. The maximum absolute atomic E-state index is 15.0. The van der Waals surface area contributed by atoms with Crippen LogP contribution < -0.4 is 5.32 Å². The van der Waals surface area contributed by atoms with Crippen LogP contribution in [0.1, 0.15) is 95.8 Å². The highest BCUT2D eigenvalue weighted by Gasteiger charge is 2.78. The number of amides is 1. The summed E-state index contributed by atoms with van der Waals surface area (Å²) in [4.78, 5) is 69.1. The summed E-state index contributed by atoms with van der Waals surface area (Å²) >= 11 is 0. The maximum atomic E-state index is 15.0. The van der Waals surface area contributed by atoms with Crippen LogP contribution in [0.2, 0.25) is 0 Å². The summed E-state index contributed by atoms with van der Waals surface area (Å²) in [5, 5.41) is 51.8. The topological polar surface area (TPSA) is 224 Å². The van der Waals surface area contributed by atoms with Crippen molar-refractivity contribution in [2.24, 2.45) is 16.7 Å². The molecule has 0 radical (unpaired) electrons. The third-order valence-electron chi connectivity index (χ3n) is 12.8. The number of alkyl carbamates (subject to hydrolysis) is 1. The van der Waals surface area contributed by atoms with E-state index in [0.717, 1.165) is 12.5 Å². The fraction of sp³-hybridized carbons (Fsp3) is 0.568. The molecule has 320 valence electrons. The Balaban J connectivity index is 1.49. The number of carbonyl (C=O) groups is 5. The molecule has 2 bridgehead atoms. The lowest BCUT2D eigenvalue weighted by atomic mass is 9.44. The van der Waals surface area contributed by atoms with E-state index in [1.807, 2.05) is 0 Å². The lowest BCUT2D eigenvalue weighted by Gasteiger charge is -2.67. The first-order valence-electron chi connectivity index (χ1n) is 19.7. The number of ether oxygens (including phenoxy) is 5. The highest BCUT2D eigenvalue weighted by Crippen LogP contribution is 2.64. The van der Waals surface area contributed by atoms with Crippen molar-refractivity contribution in [2.75, 3.05) is 6.61 Å². The Bertz CT molecular complexity index is 2040. The van der Waals surface area contributed by atoms with Gasteiger partial charge in [0.1, 0.15) is 35.6 Å². The average molecular weight is 822 g/mol. The third-order valence-corrected chi connectivity index (χ3v) is 12.8. The van der Waals surface area contributed by atoms with E-state index >= 15 is 0 Å². The Hall–Kier alpha value is -4.67. The predicted octanol–water partition coefficient (Wildman–Crippen LogP) is 3.57. The van der Waals surface area contributed by atoms with Gasteiger partial charge in [0.15, 0.2) is 17.5 Å². The largest absolute Gasteiger partial charge is 0.456 e. The highest BCUT2D eigenvalue weighted by molar-refractivity contribution is 5.94. The van der Waals surface area contributed by atoms with Gasteiger partial charge in [-0.1, -0.05) is 61.9 Å². The van der Waals surface area contributed by atoms with E-state index in [-0.39, 0.29) is 29.7 Å². The highest BCUT2D eigenvalue weighted by atomic mass is 16.6. The molecular formula is C44H55NO14. The van der Waals surface area contributed by atoms with Crippen molar-refractivity contribution >= 4 is 29.8 Å². The van der Waals surface area contributed by atoms with E-state index in [1.54, 1.807) is 84.0 Å². The molecule has 0 spiro atoms. The Labute approximate surface area is 343 Å². The molecule has 11 atom stereocenters. The number of aliphatic hydroxyl groups excluding tert-OH is 3. The molecule has 1 amide bonds. The molecule has 4 aliphatic rings. The summed E-state index contributed by atoms with van der Waals surface area (Å²) in [5.74, 6) is -5.36. The fourth-order valence-corrected chi connectivity index (χ4v) is 9.76. The fourth-order valence-electron chi connectivity index (χ4n) is 9.76. The zero-order chi connectivity index (χ0) is 43.6. The molecule has 59 heavy (non-hydrogen) atoms. The minimum atomic E-state index is -2.36. The van der Waals surface area contributed by atoms with Gasteiger partial charge in [0, 0.05) is 25.2 Å². The second kappa shape index (κ2) is 15.4. The Morgan fingerprint density at radius 3 is 2.20 bits per heavy atom. The molecule has 0 unspecified atom stereocenters. The molecule has 3 fully saturated rings. The zero-order valence-corrected chi connectivity index (χ0v) is 34.8. The maximum Gasteiger partial charge on any atom is 0.408 e. The smallest absolute Gasteiger partial charge is 0.408 e. The monoisotopic (exact) mass is 821 g/mol. The van der Waals surface area contributed by atoms with Gasteiger partial charge in [-0.05, 0) is 70.4 Å². The van der Waals surface area contributed by atoms with Crippen LogP contribution in [-0.2, 0) is 38.1 Å². The van der Waals surface area contributed by atoms with Gasteiger partial charge < -0.3 is 49.4 Å². The summed E-state index contributed by atoms with van der Waals surface area (Å²) in [7, 11) is 0. The first-order valence-corrected chi connectivity index (χ1v) is 19.7. The van der Waals surface area contributed by atoms with Crippen LogP contribution in [0, 0.1) is 23.7 Å². The van der Waals surface area contributed by atoms with Crippen molar-refractivity contribution in [1.82, 2.24) is 5.32 Å². The number of Topliss-reactive ketones (excluding diaryl/α,β-unsaturated/α-hetero) is 1. The molecule has 15 nitrogen and oxygen atoms in total. The number of aliphatic hydroxyl groups is 4. The quantitative estimate of drug-likeness (QED) is 0.146. The van der Waals surface area contributed by atoms with E-state index in [1.165, 1.54) is 26.0 Å². The molecular weight excluding hydrogens is 766 g/mol. The Morgan fingerprint density at radius 2 is 1.63 bits per heavy atom. The summed E-state index contributed by atoms with van der Waals surface area (Å²) in [6.07, 6.45) is -11.5. The Morgan fingerprint density at radius 1 is 0.966 bits per heavy atom. The van der Waals surface area contributed by atoms with E-state index in [4.69, 9.17) is 23.7 Å². The van der Waals surface area contributed by atoms with Gasteiger partial charge in [-0.15, -0.1) is 0 Å². The van der Waals surface area contributed by atoms with Gasteiger partial charge in [-0.25, -0.2) is 14.4 Å². The zero-order valence-electron chi connectivity index (χ0n) is 34.8. The van der Waals surface area contributed by atoms with Crippen molar-refractivity contribution in [3.63, 3.8) is 0 Å². The number of ketones is 1. The molecule has 5 N–H and O–H groups in total. The van der Waals surface area contributed by atoms with Crippen molar-refractivity contribution in [1.29, 1.82) is 0 Å². The number of hydrogen-bond donors (Lipinski definition) is 5. The van der Waals surface area contributed by atoms with Gasteiger partial charge in [0.25, 0.3) is 0 Å². The number of aryl methyl sites for hydroxylation is 1. The van der Waals surface area contributed by atoms with Gasteiger partial charge in [0.05, 0.1) is 35.6 Å². The van der Waals surface area contributed by atoms with E-state index in [2.05, 4.69) is 5.32 Å². The van der Waals surface area contributed by atoms with Crippen molar-refractivity contribution in [3.05, 3.63) is 82.4 Å². The molecule has 1 heterocycles. The van der Waals surface area contributed by atoms with Crippen molar-refractivity contribution < 1.29 is 68.1 Å². The second-order valence-corrected chi connectivity index (χ2v) is 18.1. The van der Waals surface area contributed by atoms with Gasteiger partial charge in [-0.2, -0.15) is 0 Å². The minimum absolute atomic E-state index is 0.0631. The predicted molar refractivity (Wildman–Crippen MR) is 208 cm³/mol. The van der Waals surface area contributed by atoms with Gasteiger partial charge in [0.2, 0.25) is 0 Å². The summed E-state index contributed by atoms with van der Waals surface area (Å²) in [5.41, 5.74) is -7.37. The van der Waals surface area contributed by atoms with Crippen LogP contribution in [-0.4, -0.2) is 110 Å². The SMILES string of the molecule is CC(=O)O[C@@]12CO[C@@H]1C[C@H](O)[C@@]1(C)C(=O)[C@H](O)C3=C(C)[C@@H](OC(=O)[C@H](O)[C@@H](NC(=O)OC(C)(C)C)c4cccc(C)c4)C[C@@](O)([C@@H](OC(=O)c4ccccc4)[C@H]21)C3(C)C. The average Bonchev–Trinajstić information content (AvgIpc) is 3.14. The third kappa shape index (κ3) is 7.45. The normalized spacial score (nSPS) is 33.3. The molecule has 6 rings (SSSR count). The molecule has 0 aromatic heterocycles. The van der Waals surface area contributed by atoms with E-state index in [9.17, 15) is 44.4 Å². The standard InChI is InChI=1S/C44H55NO14/c1-22-14-13-17-26(18-22)31(45-39(53)59-40(4,5)6)33(49)38(52)56-27-20-44(54)36(57-37(51)25-15-11-10-12-16-25)34-42(9,35(50)32(48)30(23(27)2)41(44,7)8)28(47)19-29-43(34,21-55-29)58-24(3)46/h10-18,27-29,31-34,36,47-49,54H,19-21H2,1-9H3,(H,45,53)/t27-,28-,29+,31-,32+,33+,34-,36-,42+,43-,44+/m0/s1. The van der Waals surface area contributed by atoms with Crippen LogP contribution >= 0.6 is 0 Å². The number of rotatable bonds is 8.